The van der Waals surface area contributed by atoms with E-state index in [1.165, 1.54) is 6.07 Å². The molecule has 0 radical (unpaired) electrons. The lowest BCUT2D eigenvalue weighted by atomic mass is 10.2. The van der Waals surface area contributed by atoms with Crippen molar-refractivity contribution in [3.63, 3.8) is 0 Å². The predicted octanol–water partition coefficient (Wildman–Crippen LogP) is 3.56. The molecule has 2 N–H and O–H groups in total. The molecule has 0 aromatic heterocycles. The van der Waals surface area contributed by atoms with E-state index < -0.39 is 33.1 Å². The largest absolute Gasteiger partial charge is 0.322 e. The molecule has 0 saturated carbocycles. The molecular formula is C16H15ClF2N2O3S. The number of hydrogen-bond acceptors (Lipinski definition) is 3. The molecule has 2 aromatic carbocycles. The van der Waals surface area contributed by atoms with Crippen LogP contribution < -0.4 is 10.0 Å². The smallest absolute Gasteiger partial charge is 0.258 e. The van der Waals surface area contributed by atoms with Crippen LogP contribution in [-0.4, -0.2) is 20.9 Å². The van der Waals surface area contributed by atoms with E-state index in [2.05, 4.69) is 10.0 Å². The Morgan fingerprint density at radius 2 is 1.80 bits per heavy atom. The van der Waals surface area contributed by atoms with E-state index in [1.807, 2.05) is 0 Å². The average molecular weight is 389 g/mol. The van der Waals surface area contributed by atoms with Crippen molar-refractivity contribution in [3.05, 3.63) is 58.6 Å². The Hall–Kier alpha value is -2.03. The summed E-state index contributed by atoms with van der Waals surface area (Å²) in [5.41, 5.74) is -0.312. The Morgan fingerprint density at radius 1 is 1.12 bits per heavy atom. The second kappa shape index (κ2) is 7.90. The molecule has 0 unspecified atom stereocenters. The number of hydrogen-bond donors (Lipinski definition) is 2. The second-order valence-electron chi connectivity index (χ2n) is 5.12. The number of sulfonamides is 1. The Labute approximate surface area is 149 Å². The minimum Gasteiger partial charge on any atom is -0.322 e. The van der Waals surface area contributed by atoms with Crippen LogP contribution in [0.4, 0.5) is 14.5 Å². The molecule has 0 aliphatic heterocycles. The summed E-state index contributed by atoms with van der Waals surface area (Å²) in [6, 6.07) is 6.36. The minimum atomic E-state index is -3.85. The van der Waals surface area contributed by atoms with Crippen molar-refractivity contribution in [2.24, 2.45) is 0 Å². The Balaban J connectivity index is 2.30. The van der Waals surface area contributed by atoms with Crippen molar-refractivity contribution in [2.45, 2.75) is 18.2 Å². The third kappa shape index (κ3) is 4.75. The number of rotatable bonds is 6. The Kier molecular flexibility index (Phi) is 6.10. The van der Waals surface area contributed by atoms with Crippen molar-refractivity contribution in [1.82, 2.24) is 4.72 Å². The first kappa shape index (κ1) is 19.3. The summed E-state index contributed by atoms with van der Waals surface area (Å²) in [5.74, 6) is -2.44. The second-order valence-corrected chi connectivity index (χ2v) is 7.30. The summed E-state index contributed by atoms with van der Waals surface area (Å²) in [4.78, 5) is 12.0. The SMILES string of the molecule is CCCNS(=O)(=O)c1ccc(F)c(C(=O)Nc2ccc(F)c(Cl)c2)c1. The van der Waals surface area contributed by atoms with Gasteiger partial charge in [0.1, 0.15) is 11.6 Å². The third-order valence-corrected chi connectivity index (χ3v) is 4.96. The quantitative estimate of drug-likeness (QED) is 0.794. The van der Waals surface area contributed by atoms with E-state index in [9.17, 15) is 22.0 Å². The van der Waals surface area contributed by atoms with E-state index in [4.69, 9.17) is 11.6 Å². The molecule has 5 nitrogen and oxygen atoms in total. The molecule has 2 aromatic rings. The first-order valence-electron chi connectivity index (χ1n) is 7.30. The predicted molar refractivity (Wildman–Crippen MR) is 91.2 cm³/mol. The first-order chi connectivity index (χ1) is 11.7. The van der Waals surface area contributed by atoms with E-state index in [0.717, 1.165) is 30.3 Å². The lowest BCUT2D eigenvalue weighted by molar-refractivity contribution is 0.102. The van der Waals surface area contributed by atoms with Gasteiger partial charge in [0.25, 0.3) is 5.91 Å². The van der Waals surface area contributed by atoms with Gasteiger partial charge in [-0.3, -0.25) is 4.79 Å². The number of amides is 1. The first-order valence-corrected chi connectivity index (χ1v) is 9.16. The topological polar surface area (TPSA) is 75.3 Å². The molecule has 9 heteroatoms. The monoisotopic (exact) mass is 388 g/mol. The number of carbonyl (C=O) groups excluding carboxylic acids is 1. The normalized spacial score (nSPS) is 11.4. The van der Waals surface area contributed by atoms with Crippen LogP contribution in [0.1, 0.15) is 23.7 Å². The standard InChI is InChI=1S/C16H15ClF2N2O3S/c1-2-7-20-25(23,24)11-4-6-14(18)12(9-11)16(22)21-10-3-5-15(19)13(17)8-10/h3-6,8-9,20H,2,7H2,1H3,(H,21,22). The van der Waals surface area contributed by atoms with Gasteiger partial charge in [0.05, 0.1) is 15.5 Å². The summed E-state index contributed by atoms with van der Waals surface area (Å²) < 4.78 is 53.6. The molecule has 0 spiro atoms. The highest BCUT2D eigenvalue weighted by Crippen LogP contribution is 2.21. The van der Waals surface area contributed by atoms with Gasteiger partial charge in [0.2, 0.25) is 10.0 Å². The van der Waals surface area contributed by atoms with E-state index in [0.29, 0.717) is 6.42 Å². The third-order valence-electron chi connectivity index (χ3n) is 3.21. The van der Waals surface area contributed by atoms with Crippen LogP contribution in [0.2, 0.25) is 5.02 Å². The number of benzene rings is 2. The molecule has 0 bridgehead atoms. The number of carbonyl (C=O) groups is 1. The van der Waals surface area contributed by atoms with Gasteiger partial charge >= 0.3 is 0 Å². The molecule has 0 heterocycles. The van der Waals surface area contributed by atoms with E-state index >= 15 is 0 Å². The molecule has 0 atom stereocenters. The fraction of sp³-hybridized carbons (Fsp3) is 0.188. The maximum Gasteiger partial charge on any atom is 0.258 e. The summed E-state index contributed by atoms with van der Waals surface area (Å²) in [5, 5.41) is 2.13. The van der Waals surface area contributed by atoms with Crippen LogP contribution in [0.3, 0.4) is 0 Å². The molecule has 134 valence electrons. The van der Waals surface area contributed by atoms with Gasteiger partial charge in [-0.1, -0.05) is 18.5 Å². The van der Waals surface area contributed by atoms with Gasteiger partial charge in [-0.25, -0.2) is 21.9 Å². The highest BCUT2D eigenvalue weighted by Gasteiger charge is 2.19. The van der Waals surface area contributed by atoms with E-state index in [1.54, 1.807) is 6.92 Å². The molecular weight excluding hydrogens is 374 g/mol. The molecule has 0 saturated heterocycles. The molecule has 2 rings (SSSR count). The van der Waals surface area contributed by atoms with Crippen LogP contribution in [0.5, 0.6) is 0 Å². The summed E-state index contributed by atoms with van der Waals surface area (Å²) in [6.45, 7) is 2.01. The van der Waals surface area contributed by atoms with Crippen molar-refractivity contribution in [1.29, 1.82) is 0 Å². The fourth-order valence-electron chi connectivity index (χ4n) is 1.94. The maximum atomic E-state index is 13.9. The summed E-state index contributed by atoms with van der Waals surface area (Å²) in [7, 11) is -3.85. The number of halogens is 3. The van der Waals surface area contributed by atoms with Crippen LogP contribution in [0.25, 0.3) is 0 Å². The van der Waals surface area contributed by atoms with Gasteiger partial charge < -0.3 is 5.32 Å². The van der Waals surface area contributed by atoms with E-state index in [-0.39, 0.29) is 22.2 Å². The molecule has 0 aliphatic rings. The molecule has 0 aliphatic carbocycles. The number of nitrogens with one attached hydrogen (secondary N) is 2. The lowest BCUT2D eigenvalue weighted by Gasteiger charge is -2.10. The zero-order valence-corrected chi connectivity index (χ0v) is 14.7. The van der Waals surface area contributed by atoms with Crippen molar-refractivity contribution in [2.75, 3.05) is 11.9 Å². The van der Waals surface area contributed by atoms with Crippen molar-refractivity contribution < 1.29 is 22.0 Å². The van der Waals surface area contributed by atoms with Gasteiger partial charge in [0.15, 0.2) is 0 Å². The van der Waals surface area contributed by atoms with Gasteiger partial charge in [-0.05, 0) is 42.8 Å². The highest BCUT2D eigenvalue weighted by atomic mass is 35.5. The summed E-state index contributed by atoms with van der Waals surface area (Å²) in [6.07, 6.45) is 0.582. The van der Waals surface area contributed by atoms with Crippen molar-refractivity contribution >= 4 is 33.2 Å². The Morgan fingerprint density at radius 3 is 2.44 bits per heavy atom. The van der Waals surface area contributed by atoms with Crippen LogP contribution in [0, 0.1) is 11.6 Å². The van der Waals surface area contributed by atoms with Gasteiger partial charge in [-0.15, -0.1) is 0 Å². The molecule has 25 heavy (non-hydrogen) atoms. The zero-order valence-electron chi connectivity index (χ0n) is 13.1. The summed E-state index contributed by atoms with van der Waals surface area (Å²) >= 11 is 5.62. The van der Waals surface area contributed by atoms with Crippen LogP contribution in [0.15, 0.2) is 41.3 Å². The average Bonchev–Trinajstić information content (AvgIpc) is 2.56. The maximum absolute atomic E-state index is 13.9. The fourth-order valence-corrected chi connectivity index (χ4v) is 3.28. The highest BCUT2D eigenvalue weighted by molar-refractivity contribution is 7.89. The zero-order chi connectivity index (χ0) is 18.6. The lowest BCUT2D eigenvalue weighted by Crippen LogP contribution is -2.25. The van der Waals surface area contributed by atoms with Crippen molar-refractivity contribution in [3.8, 4) is 0 Å². The van der Waals surface area contributed by atoms with Crippen LogP contribution >= 0.6 is 11.6 Å². The molecule has 0 fully saturated rings. The van der Waals surface area contributed by atoms with Gasteiger partial charge in [-0.2, -0.15) is 0 Å². The Bertz CT molecular complexity index is 904. The number of anilines is 1. The molecule has 1 amide bonds. The van der Waals surface area contributed by atoms with Crippen LogP contribution in [-0.2, 0) is 10.0 Å². The minimum absolute atomic E-state index is 0.146. The van der Waals surface area contributed by atoms with Gasteiger partial charge in [0, 0.05) is 12.2 Å².